The van der Waals surface area contributed by atoms with Gasteiger partial charge < -0.3 is 5.32 Å². The molecule has 9 heteroatoms. The molecule has 4 aromatic rings. The molecule has 0 radical (unpaired) electrons. The van der Waals surface area contributed by atoms with E-state index >= 15 is 0 Å². The number of rotatable bonds is 6. The second-order valence-electron chi connectivity index (χ2n) is 6.71. The van der Waals surface area contributed by atoms with Crippen LogP contribution in [0.15, 0.2) is 72.1 Å². The Balaban J connectivity index is 1.59. The van der Waals surface area contributed by atoms with Gasteiger partial charge >= 0.3 is 0 Å². The Kier molecular flexibility index (Phi) is 6.56. The fraction of sp³-hybridized carbons (Fsp3) is 0.0909. The van der Waals surface area contributed by atoms with Gasteiger partial charge in [-0.15, -0.1) is 10.2 Å². The van der Waals surface area contributed by atoms with Crippen LogP contribution in [0, 0.1) is 6.92 Å². The summed E-state index contributed by atoms with van der Waals surface area (Å²) in [6.07, 6.45) is 3.42. The van der Waals surface area contributed by atoms with Gasteiger partial charge in [0.1, 0.15) is 0 Å². The van der Waals surface area contributed by atoms with Gasteiger partial charge in [0.05, 0.1) is 5.75 Å². The van der Waals surface area contributed by atoms with Crippen LogP contribution in [-0.4, -0.2) is 31.4 Å². The van der Waals surface area contributed by atoms with Crippen LogP contribution in [0.5, 0.6) is 0 Å². The van der Waals surface area contributed by atoms with Crippen LogP contribution in [-0.2, 0) is 4.79 Å². The number of aromatic nitrogens is 4. The van der Waals surface area contributed by atoms with E-state index in [9.17, 15) is 4.79 Å². The van der Waals surface area contributed by atoms with Crippen molar-refractivity contribution in [1.29, 1.82) is 0 Å². The Labute approximate surface area is 193 Å². The van der Waals surface area contributed by atoms with Crippen molar-refractivity contribution in [2.24, 2.45) is 0 Å². The number of benzene rings is 2. The van der Waals surface area contributed by atoms with Crippen molar-refractivity contribution in [2.45, 2.75) is 12.1 Å². The molecule has 0 aliphatic rings. The molecule has 0 spiro atoms. The van der Waals surface area contributed by atoms with Crippen molar-refractivity contribution < 1.29 is 4.79 Å². The summed E-state index contributed by atoms with van der Waals surface area (Å²) in [7, 11) is 0. The number of carbonyl (C=O) groups is 1. The molecular formula is C22H17Cl2N5OS. The van der Waals surface area contributed by atoms with Crippen molar-refractivity contribution in [3.8, 4) is 17.1 Å². The van der Waals surface area contributed by atoms with Crippen molar-refractivity contribution >= 4 is 46.6 Å². The number of aryl methyl sites for hydroxylation is 1. The highest BCUT2D eigenvalue weighted by Crippen LogP contribution is 2.28. The molecule has 0 bridgehead atoms. The average Bonchev–Trinajstić information content (AvgIpc) is 3.16. The fourth-order valence-corrected chi connectivity index (χ4v) is 4.28. The molecule has 156 valence electrons. The first-order chi connectivity index (χ1) is 15.0. The van der Waals surface area contributed by atoms with Gasteiger partial charge in [0.2, 0.25) is 5.91 Å². The summed E-state index contributed by atoms with van der Waals surface area (Å²) in [5, 5.41) is 13.0. The molecule has 0 fully saturated rings. The van der Waals surface area contributed by atoms with Gasteiger partial charge in [0, 0.05) is 39.4 Å². The van der Waals surface area contributed by atoms with Crippen LogP contribution in [0.3, 0.4) is 0 Å². The minimum absolute atomic E-state index is 0.143. The van der Waals surface area contributed by atoms with Crippen LogP contribution in [0.1, 0.15) is 5.56 Å². The summed E-state index contributed by atoms with van der Waals surface area (Å²) in [5.41, 5.74) is 3.45. The highest BCUT2D eigenvalue weighted by molar-refractivity contribution is 7.99. The lowest BCUT2D eigenvalue weighted by molar-refractivity contribution is -0.113. The Morgan fingerprint density at radius 2 is 1.77 bits per heavy atom. The number of nitrogens with one attached hydrogen (secondary N) is 1. The van der Waals surface area contributed by atoms with Gasteiger partial charge in [-0.2, -0.15) is 0 Å². The number of hydrogen-bond acceptors (Lipinski definition) is 5. The normalized spacial score (nSPS) is 10.8. The number of amides is 1. The quantitative estimate of drug-likeness (QED) is 0.368. The summed E-state index contributed by atoms with van der Waals surface area (Å²) in [6, 6.07) is 16.7. The monoisotopic (exact) mass is 469 g/mol. The number of thioether (sulfide) groups is 1. The van der Waals surface area contributed by atoms with Gasteiger partial charge in [0.15, 0.2) is 11.0 Å². The number of nitrogens with zero attached hydrogens (tertiary/aromatic N) is 4. The van der Waals surface area contributed by atoms with E-state index in [4.69, 9.17) is 23.2 Å². The maximum Gasteiger partial charge on any atom is 0.234 e. The van der Waals surface area contributed by atoms with E-state index in [2.05, 4.69) is 20.5 Å². The predicted octanol–water partition coefficient (Wildman–Crippen LogP) is 5.68. The van der Waals surface area contributed by atoms with Gasteiger partial charge in [-0.05, 0) is 55.0 Å². The summed E-state index contributed by atoms with van der Waals surface area (Å²) in [6.45, 7) is 2.02. The van der Waals surface area contributed by atoms with Gasteiger partial charge in [0.25, 0.3) is 0 Å². The molecule has 2 aromatic heterocycles. The number of anilines is 1. The molecule has 6 nitrogen and oxygen atoms in total. The lowest BCUT2D eigenvalue weighted by Crippen LogP contribution is -2.14. The minimum atomic E-state index is -0.201. The molecule has 0 saturated heterocycles. The minimum Gasteiger partial charge on any atom is -0.325 e. The molecule has 0 unspecified atom stereocenters. The molecule has 31 heavy (non-hydrogen) atoms. The van der Waals surface area contributed by atoms with E-state index in [1.54, 1.807) is 30.6 Å². The maximum absolute atomic E-state index is 12.5. The summed E-state index contributed by atoms with van der Waals surface area (Å²) in [4.78, 5) is 16.6. The Bertz CT molecular complexity index is 1210. The Hall–Kier alpha value is -2.87. The van der Waals surface area contributed by atoms with Crippen LogP contribution >= 0.6 is 35.0 Å². The van der Waals surface area contributed by atoms with Gasteiger partial charge in [-0.3, -0.25) is 14.3 Å². The Morgan fingerprint density at radius 3 is 2.48 bits per heavy atom. The van der Waals surface area contributed by atoms with E-state index in [-0.39, 0.29) is 11.7 Å². The third-order valence-electron chi connectivity index (χ3n) is 4.31. The first kappa shape index (κ1) is 21.4. The van der Waals surface area contributed by atoms with Crippen LogP contribution in [0.25, 0.3) is 17.1 Å². The smallest absolute Gasteiger partial charge is 0.234 e. The molecule has 2 heterocycles. The SMILES string of the molecule is Cc1cccc(-n2c(SCC(=O)Nc3cc(Cl)cc(Cl)c3)nnc2-c2ccncc2)c1. The number of carbonyl (C=O) groups excluding carboxylic acids is 1. The van der Waals surface area contributed by atoms with Crippen molar-refractivity contribution in [1.82, 2.24) is 19.7 Å². The maximum atomic E-state index is 12.5. The fourth-order valence-electron chi connectivity index (χ4n) is 3.00. The molecule has 1 N–H and O–H groups in total. The van der Waals surface area contributed by atoms with Crippen LogP contribution in [0.2, 0.25) is 10.0 Å². The summed E-state index contributed by atoms with van der Waals surface area (Å²) < 4.78 is 1.94. The summed E-state index contributed by atoms with van der Waals surface area (Å²) >= 11 is 13.3. The molecule has 1 amide bonds. The van der Waals surface area contributed by atoms with Crippen LogP contribution < -0.4 is 5.32 Å². The summed E-state index contributed by atoms with van der Waals surface area (Å²) in [5.74, 6) is 0.620. The number of halogens is 2. The molecule has 4 rings (SSSR count). The van der Waals surface area contributed by atoms with Crippen LogP contribution in [0.4, 0.5) is 5.69 Å². The second kappa shape index (κ2) is 9.51. The highest BCUT2D eigenvalue weighted by atomic mass is 35.5. The molecule has 0 aliphatic heterocycles. The second-order valence-corrected chi connectivity index (χ2v) is 8.53. The molecular weight excluding hydrogens is 453 g/mol. The van der Waals surface area contributed by atoms with E-state index in [0.717, 1.165) is 16.8 Å². The first-order valence-electron chi connectivity index (χ1n) is 9.31. The Morgan fingerprint density at radius 1 is 1.03 bits per heavy atom. The topological polar surface area (TPSA) is 72.7 Å². The zero-order valence-electron chi connectivity index (χ0n) is 16.4. The van der Waals surface area contributed by atoms with Gasteiger partial charge in [-0.25, -0.2) is 0 Å². The third-order valence-corrected chi connectivity index (χ3v) is 5.68. The van der Waals surface area contributed by atoms with Crippen molar-refractivity contribution in [3.63, 3.8) is 0 Å². The van der Waals surface area contributed by atoms with Crippen molar-refractivity contribution in [2.75, 3.05) is 11.1 Å². The lowest BCUT2D eigenvalue weighted by atomic mass is 10.2. The average molecular weight is 470 g/mol. The predicted molar refractivity (Wildman–Crippen MR) is 125 cm³/mol. The van der Waals surface area contributed by atoms with E-state index in [1.165, 1.54) is 11.8 Å². The zero-order valence-corrected chi connectivity index (χ0v) is 18.7. The highest BCUT2D eigenvalue weighted by Gasteiger charge is 2.17. The van der Waals surface area contributed by atoms with E-state index in [0.29, 0.717) is 26.7 Å². The van der Waals surface area contributed by atoms with Crippen molar-refractivity contribution in [3.05, 3.63) is 82.6 Å². The molecule has 0 aliphatic carbocycles. The molecule has 2 aromatic carbocycles. The third kappa shape index (κ3) is 5.25. The van der Waals surface area contributed by atoms with E-state index in [1.807, 2.05) is 47.9 Å². The zero-order chi connectivity index (χ0) is 21.8. The van der Waals surface area contributed by atoms with Gasteiger partial charge in [-0.1, -0.05) is 47.1 Å². The van der Waals surface area contributed by atoms with E-state index < -0.39 is 0 Å². The number of hydrogen-bond donors (Lipinski definition) is 1. The lowest BCUT2D eigenvalue weighted by Gasteiger charge is -2.11. The molecule has 0 saturated carbocycles. The standard InChI is InChI=1S/C22H17Cl2N5OS/c1-14-3-2-4-19(9-14)29-21(15-5-7-25-8-6-15)27-28-22(29)31-13-20(30)26-18-11-16(23)10-17(24)12-18/h2-12H,13H2,1H3,(H,26,30). The first-order valence-corrected chi connectivity index (χ1v) is 11.1. The largest absolute Gasteiger partial charge is 0.325 e. The number of pyridine rings is 1. The molecule has 0 atom stereocenters.